The number of carbonyl (C=O) groups is 1. The molecule has 5 rings (SSSR count). The van der Waals surface area contributed by atoms with E-state index in [1.54, 1.807) is 18.4 Å². The quantitative estimate of drug-likeness (QED) is 0.240. The van der Waals surface area contributed by atoms with Gasteiger partial charge in [-0.3, -0.25) is 0 Å². The van der Waals surface area contributed by atoms with E-state index in [0.29, 0.717) is 18.2 Å². The van der Waals surface area contributed by atoms with Crippen LogP contribution in [-0.4, -0.2) is 48.4 Å². The van der Waals surface area contributed by atoms with Gasteiger partial charge in [0.1, 0.15) is 18.0 Å². The summed E-state index contributed by atoms with van der Waals surface area (Å²) in [5.74, 6) is -0.399. The van der Waals surface area contributed by atoms with Crippen LogP contribution in [0, 0.1) is 6.92 Å². The summed E-state index contributed by atoms with van der Waals surface area (Å²) in [6.45, 7) is 4.69. The number of ether oxygens (including phenoxy) is 2. The SMILES string of the molecule is COCc1nc(C(=O)OCc2oc(=O)oc2C)c(C(C)(C)O)n1Cc1ccc(-c2ccccc2-c2nnn[nH]2)cc1. The van der Waals surface area contributed by atoms with E-state index in [2.05, 4.69) is 25.6 Å². The maximum absolute atomic E-state index is 13.1. The van der Waals surface area contributed by atoms with Crippen molar-refractivity contribution in [3.63, 3.8) is 0 Å². The Labute approximate surface area is 233 Å². The van der Waals surface area contributed by atoms with E-state index in [0.717, 1.165) is 22.3 Å². The summed E-state index contributed by atoms with van der Waals surface area (Å²) in [7, 11) is 1.51. The first kappa shape index (κ1) is 27.7. The molecule has 13 heteroatoms. The summed E-state index contributed by atoms with van der Waals surface area (Å²) < 4.78 is 22.2. The van der Waals surface area contributed by atoms with Gasteiger partial charge in [-0.05, 0) is 47.9 Å². The highest BCUT2D eigenvalue weighted by molar-refractivity contribution is 5.89. The van der Waals surface area contributed by atoms with Crippen LogP contribution in [0.15, 0.2) is 62.2 Å². The zero-order chi connectivity index (χ0) is 29.1. The maximum atomic E-state index is 13.1. The first-order chi connectivity index (χ1) is 19.7. The number of H-pyrrole nitrogens is 1. The summed E-state index contributed by atoms with van der Waals surface area (Å²) in [4.78, 5) is 28.9. The molecule has 3 aromatic heterocycles. The molecule has 2 N–H and O–H groups in total. The number of rotatable bonds is 10. The first-order valence-electron chi connectivity index (χ1n) is 12.7. The van der Waals surface area contributed by atoms with Crippen molar-refractivity contribution < 1.29 is 28.2 Å². The number of esters is 1. The van der Waals surface area contributed by atoms with E-state index >= 15 is 0 Å². The monoisotopic (exact) mass is 560 g/mol. The average Bonchev–Trinajstić information content (AvgIpc) is 3.67. The Balaban J connectivity index is 1.46. The van der Waals surface area contributed by atoms with E-state index in [1.807, 2.05) is 48.5 Å². The van der Waals surface area contributed by atoms with Gasteiger partial charge in [0.15, 0.2) is 29.6 Å². The second kappa shape index (κ2) is 11.3. The Bertz CT molecular complexity index is 1710. The number of benzene rings is 2. The summed E-state index contributed by atoms with van der Waals surface area (Å²) in [6.07, 6.45) is 0. The average molecular weight is 561 g/mol. The van der Waals surface area contributed by atoms with Crippen LogP contribution in [0.3, 0.4) is 0 Å². The van der Waals surface area contributed by atoms with Crippen LogP contribution in [0.25, 0.3) is 22.5 Å². The van der Waals surface area contributed by atoms with Crippen LogP contribution in [-0.2, 0) is 34.8 Å². The molecule has 0 spiro atoms. The fourth-order valence-electron chi connectivity index (χ4n) is 4.56. The van der Waals surface area contributed by atoms with Gasteiger partial charge in [-0.15, -0.1) is 5.10 Å². The van der Waals surface area contributed by atoms with E-state index < -0.39 is 17.4 Å². The standard InChI is InChI=1S/C28H28N6O7/c1-16-21(41-27(36)40-16)14-39-26(35)23-24(28(2,3)37)34(22(29-23)15-38-4)13-17-9-11-18(12-10-17)19-7-5-6-8-20(19)25-30-32-33-31-25/h5-12,37H,13-15H2,1-4H3,(H,30,31,32,33). The molecule has 0 aliphatic rings. The number of nitrogens with one attached hydrogen (secondary N) is 1. The number of methoxy groups -OCH3 is 1. The van der Waals surface area contributed by atoms with Gasteiger partial charge < -0.3 is 28.0 Å². The fraction of sp³-hybridized carbons (Fsp3) is 0.286. The molecule has 0 bridgehead atoms. The zero-order valence-electron chi connectivity index (χ0n) is 22.9. The molecule has 0 radical (unpaired) electrons. The van der Waals surface area contributed by atoms with Crippen molar-refractivity contribution in [1.82, 2.24) is 30.2 Å². The van der Waals surface area contributed by atoms with Gasteiger partial charge in [-0.25, -0.2) is 19.7 Å². The maximum Gasteiger partial charge on any atom is 0.519 e. The second-order valence-corrected chi connectivity index (χ2v) is 9.81. The Morgan fingerprint density at radius 1 is 1.07 bits per heavy atom. The number of hydrogen-bond donors (Lipinski definition) is 2. The Morgan fingerprint density at radius 3 is 2.41 bits per heavy atom. The molecule has 212 valence electrons. The summed E-state index contributed by atoms with van der Waals surface area (Å²) in [5.41, 5.74) is 2.38. The summed E-state index contributed by atoms with van der Waals surface area (Å²) in [6, 6.07) is 15.6. The van der Waals surface area contributed by atoms with Gasteiger partial charge in [0.05, 0.1) is 5.69 Å². The number of aromatic amines is 1. The molecule has 0 aliphatic heterocycles. The van der Waals surface area contributed by atoms with Crippen molar-refractivity contribution in [2.45, 2.75) is 46.1 Å². The molecule has 3 heterocycles. The minimum Gasteiger partial charge on any atom is -0.453 e. The van der Waals surface area contributed by atoms with Crippen molar-refractivity contribution >= 4 is 5.97 Å². The molecule has 0 amide bonds. The Kier molecular flexibility index (Phi) is 7.64. The lowest BCUT2D eigenvalue weighted by molar-refractivity contribution is 0.0396. The van der Waals surface area contributed by atoms with Crippen LogP contribution in [0.1, 0.15) is 52.9 Å². The Morgan fingerprint density at radius 2 is 1.80 bits per heavy atom. The Hall–Kier alpha value is -4.88. The number of aliphatic hydroxyl groups is 1. The molecule has 0 fully saturated rings. The number of hydrogen-bond acceptors (Lipinski definition) is 11. The topological polar surface area (TPSA) is 171 Å². The van der Waals surface area contributed by atoms with Crippen LogP contribution < -0.4 is 5.82 Å². The molecule has 0 saturated carbocycles. The van der Waals surface area contributed by atoms with Crippen molar-refractivity contribution in [3.8, 4) is 22.5 Å². The van der Waals surface area contributed by atoms with Crippen LogP contribution in [0.2, 0.25) is 0 Å². The summed E-state index contributed by atoms with van der Waals surface area (Å²) in [5, 5.41) is 25.3. The highest BCUT2D eigenvalue weighted by Crippen LogP contribution is 2.31. The number of carbonyl (C=O) groups excluding carboxylic acids is 1. The minimum atomic E-state index is -1.46. The van der Waals surface area contributed by atoms with Gasteiger partial charge in [0.25, 0.3) is 0 Å². The smallest absolute Gasteiger partial charge is 0.453 e. The first-order valence-corrected chi connectivity index (χ1v) is 12.7. The molecular weight excluding hydrogens is 532 g/mol. The molecule has 2 aromatic carbocycles. The molecule has 5 aromatic rings. The number of nitrogens with zero attached hydrogens (tertiary/aromatic N) is 5. The van der Waals surface area contributed by atoms with Crippen LogP contribution in [0.5, 0.6) is 0 Å². The van der Waals surface area contributed by atoms with E-state index in [4.69, 9.17) is 18.3 Å². The predicted molar refractivity (Wildman–Crippen MR) is 143 cm³/mol. The van der Waals surface area contributed by atoms with E-state index in [1.165, 1.54) is 14.0 Å². The number of tetrazole rings is 1. The lowest BCUT2D eigenvalue weighted by atomic mass is 9.98. The number of imidazole rings is 1. The normalized spacial score (nSPS) is 11.6. The van der Waals surface area contributed by atoms with Crippen LogP contribution >= 0.6 is 0 Å². The van der Waals surface area contributed by atoms with E-state index in [-0.39, 0.29) is 36.1 Å². The van der Waals surface area contributed by atoms with Gasteiger partial charge in [0, 0.05) is 19.2 Å². The second-order valence-electron chi connectivity index (χ2n) is 9.81. The zero-order valence-corrected chi connectivity index (χ0v) is 22.9. The molecule has 13 nitrogen and oxygen atoms in total. The van der Waals surface area contributed by atoms with Crippen molar-refractivity contribution in [3.05, 3.63) is 93.4 Å². The predicted octanol–water partition coefficient (Wildman–Crippen LogP) is 3.36. The molecule has 41 heavy (non-hydrogen) atoms. The largest absolute Gasteiger partial charge is 0.519 e. The third-order valence-corrected chi connectivity index (χ3v) is 6.40. The molecule has 0 saturated heterocycles. The molecular formula is C28H28N6O7. The third kappa shape index (κ3) is 5.85. The van der Waals surface area contributed by atoms with Crippen molar-refractivity contribution in [1.29, 1.82) is 0 Å². The highest BCUT2D eigenvalue weighted by atomic mass is 16.6. The number of aryl methyl sites for hydroxylation is 1. The van der Waals surface area contributed by atoms with Crippen molar-refractivity contribution in [2.75, 3.05) is 7.11 Å². The van der Waals surface area contributed by atoms with Crippen molar-refractivity contribution in [2.24, 2.45) is 0 Å². The highest BCUT2D eigenvalue weighted by Gasteiger charge is 2.33. The van der Waals surface area contributed by atoms with Crippen LogP contribution in [0.4, 0.5) is 0 Å². The number of aromatic nitrogens is 6. The summed E-state index contributed by atoms with van der Waals surface area (Å²) >= 11 is 0. The van der Waals surface area contributed by atoms with Gasteiger partial charge >= 0.3 is 11.8 Å². The fourth-order valence-corrected chi connectivity index (χ4v) is 4.56. The van der Waals surface area contributed by atoms with Gasteiger partial charge in [-0.2, -0.15) is 0 Å². The van der Waals surface area contributed by atoms with E-state index in [9.17, 15) is 14.7 Å². The third-order valence-electron chi connectivity index (χ3n) is 6.40. The minimum absolute atomic E-state index is 0.0701. The van der Waals surface area contributed by atoms with Gasteiger partial charge in [-0.1, -0.05) is 48.5 Å². The lowest BCUT2D eigenvalue weighted by Crippen LogP contribution is -2.25. The molecule has 0 aliphatic carbocycles. The van der Waals surface area contributed by atoms with Gasteiger partial charge in [0.2, 0.25) is 0 Å². The lowest BCUT2D eigenvalue weighted by Gasteiger charge is -2.22. The molecule has 0 unspecified atom stereocenters. The molecule has 0 atom stereocenters.